The summed E-state index contributed by atoms with van der Waals surface area (Å²) in [5.74, 6) is 1.30. The van der Waals surface area contributed by atoms with Gasteiger partial charge in [-0.15, -0.1) is 0 Å². The number of likely N-dealkylation sites (tertiary alicyclic amines) is 1. The van der Waals surface area contributed by atoms with Crippen molar-refractivity contribution in [3.63, 3.8) is 0 Å². The molecule has 2 aliphatic rings. The molecule has 2 rings (SSSR count). The molecular weight excluding hydrogens is 316 g/mol. The number of carbonyl (C=O) groups is 1. The topological polar surface area (TPSA) is 80.0 Å². The van der Waals surface area contributed by atoms with Gasteiger partial charge in [-0.3, -0.25) is 4.99 Å². The molecule has 0 radical (unpaired) electrons. The number of nitrogens with two attached hydrogens (primary N) is 1. The molecule has 0 aromatic heterocycles. The molecule has 0 aromatic rings. The lowest BCUT2D eigenvalue weighted by Gasteiger charge is -2.36. The zero-order valence-corrected chi connectivity index (χ0v) is 16.2. The van der Waals surface area contributed by atoms with Gasteiger partial charge in [0, 0.05) is 25.7 Å². The molecule has 144 valence electrons. The molecule has 1 aliphatic carbocycles. The molecule has 0 atom stereocenters. The van der Waals surface area contributed by atoms with Crippen LogP contribution in [0.2, 0.25) is 0 Å². The molecule has 6 heteroatoms. The minimum absolute atomic E-state index is 0.208. The largest absolute Gasteiger partial charge is 0.450 e. The van der Waals surface area contributed by atoms with Crippen molar-refractivity contribution in [1.29, 1.82) is 0 Å². The summed E-state index contributed by atoms with van der Waals surface area (Å²) >= 11 is 0. The Hall–Kier alpha value is -1.46. The number of nitrogens with one attached hydrogen (secondary N) is 1. The molecule has 0 aromatic carbocycles. The number of hydrogen-bond donors (Lipinski definition) is 2. The summed E-state index contributed by atoms with van der Waals surface area (Å²) in [5.41, 5.74) is 6.33. The Kier molecular flexibility index (Phi) is 7.38. The fourth-order valence-electron chi connectivity index (χ4n) is 3.98. The normalized spacial score (nSPS) is 21.2. The van der Waals surface area contributed by atoms with Crippen molar-refractivity contribution in [3.05, 3.63) is 0 Å². The van der Waals surface area contributed by atoms with E-state index in [0.717, 1.165) is 25.3 Å². The number of amides is 1. The van der Waals surface area contributed by atoms with Gasteiger partial charge >= 0.3 is 6.09 Å². The van der Waals surface area contributed by atoms with Gasteiger partial charge in [0.15, 0.2) is 5.96 Å². The average Bonchev–Trinajstić information content (AvgIpc) is 2.62. The first-order valence-corrected chi connectivity index (χ1v) is 9.90. The number of nitrogens with zero attached hydrogens (tertiary/aromatic N) is 2. The number of aliphatic imine (C=N–C) groups is 1. The van der Waals surface area contributed by atoms with E-state index in [1.165, 1.54) is 32.1 Å². The molecule has 0 bridgehead atoms. The van der Waals surface area contributed by atoms with Crippen molar-refractivity contribution in [2.24, 2.45) is 22.1 Å². The van der Waals surface area contributed by atoms with Gasteiger partial charge in [0.05, 0.1) is 6.61 Å². The van der Waals surface area contributed by atoms with Crippen LogP contribution >= 0.6 is 0 Å². The second-order valence-electron chi connectivity index (χ2n) is 8.13. The second-order valence-corrected chi connectivity index (χ2v) is 8.13. The lowest BCUT2D eigenvalue weighted by molar-refractivity contribution is 0.0963. The summed E-state index contributed by atoms with van der Waals surface area (Å²) in [4.78, 5) is 18.1. The van der Waals surface area contributed by atoms with Crippen LogP contribution in [0.5, 0.6) is 0 Å². The van der Waals surface area contributed by atoms with Crippen LogP contribution in [0.1, 0.15) is 65.7 Å². The SMILES string of the molecule is CCOC(=O)N1CCC(NC(N)=NCC(C)(C)C2CCCCC2)CC1. The highest BCUT2D eigenvalue weighted by Gasteiger charge is 2.30. The highest BCUT2D eigenvalue weighted by Crippen LogP contribution is 2.38. The molecule has 2 fully saturated rings. The first-order valence-electron chi connectivity index (χ1n) is 9.90. The summed E-state index contributed by atoms with van der Waals surface area (Å²) in [6.07, 6.45) is 8.27. The average molecular weight is 353 g/mol. The van der Waals surface area contributed by atoms with Crippen LogP contribution in [0.15, 0.2) is 4.99 Å². The molecule has 1 heterocycles. The van der Waals surface area contributed by atoms with Gasteiger partial charge < -0.3 is 20.7 Å². The van der Waals surface area contributed by atoms with Crippen molar-refractivity contribution in [1.82, 2.24) is 10.2 Å². The third-order valence-electron chi connectivity index (χ3n) is 5.74. The molecule has 1 amide bonds. The van der Waals surface area contributed by atoms with Crippen molar-refractivity contribution < 1.29 is 9.53 Å². The first-order chi connectivity index (χ1) is 11.9. The molecule has 1 saturated carbocycles. The minimum atomic E-state index is -0.211. The lowest BCUT2D eigenvalue weighted by Crippen LogP contribution is -2.48. The molecule has 1 aliphatic heterocycles. The van der Waals surface area contributed by atoms with Gasteiger partial charge in [0.25, 0.3) is 0 Å². The fourth-order valence-corrected chi connectivity index (χ4v) is 3.98. The third kappa shape index (κ3) is 6.08. The van der Waals surface area contributed by atoms with Gasteiger partial charge in [-0.05, 0) is 43.9 Å². The van der Waals surface area contributed by atoms with Gasteiger partial charge in [-0.1, -0.05) is 33.1 Å². The van der Waals surface area contributed by atoms with Crippen LogP contribution < -0.4 is 11.1 Å². The Morgan fingerprint density at radius 2 is 1.84 bits per heavy atom. The van der Waals surface area contributed by atoms with Gasteiger partial charge in [0.2, 0.25) is 0 Å². The van der Waals surface area contributed by atoms with Gasteiger partial charge in [-0.25, -0.2) is 4.79 Å². The highest BCUT2D eigenvalue weighted by molar-refractivity contribution is 5.78. The number of carbonyl (C=O) groups excluding carboxylic acids is 1. The van der Waals surface area contributed by atoms with Gasteiger partial charge in [0.1, 0.15) is 0 Å². The highest BCUT2D eigenvalue weighted by atomic mass is 16.6. The molecule has 3 N–H and O–H groups in total. The van der Waals surface area contributed by atoms with Crippen LogP contribution in [-0.2, 0) is 4.74 Å². The molecule has 0 unspecified atom stereocenters. The smallest absolute Gasteiger partial charge is 0.409 e. The zero-order chi connectivity index (χ0) is 18.3. The number of ether oxygens (including phenoxy) is 1. The predicted molar refractivity (Wildman–Crippen MR) is 102 cm³/mol. The third-order valence-corrected chi connectivity index (χ3v) is 5.74. The Balaban J connectivity index is 1.75. The predicted octanol–water partition coefficient (Wildman–Crippen LogP) is 3.12. The van der Waals surface area contributed by atoms with E-state index in [0.29, 0.717) is 25.7 Å². The molecular formula is C19H36N4O2. The minimum Gasteiger partial charge on any atom is -0.450 e. The fraction of sp³-hybridized carbons (Fsp3) is 0.895. The summed E-state index contributed by atoms with van der Waals surface area (Å²) < 4.78 is 5.05. The number of piperidine rings is 1. The number of guanidine groups is 1. The summed E-state index contributed by atoms with van der Waals surface area (Å²) in [6, 6.07) is 0.284. The van der Waals surface area contributed by atoms with E-state index in [2.05, 4.69) is 24.2 Å². The van der Waals surface area contributed by atoms with Crippen molar-refractivity contribution >= 4 is 12.1 Å². The van der Waals surface area contributed by atoms with Crippen molar-refractivity contribution in [3.8, 4) is 0 Å². The summed E-state index contributed by atoms with van der Waals surface area (Å²) in [5, 5.41) is 3.33. The van der Waals surface area contributed by atoms with Crippen LogP contribution in [-0.4, -0.2) is 49.2 Å². The molecule has 0 spiro atoms. The Morgan fingerprint density at radius 3 is 2.44 bits per heavy atom. The van der Waals surface area contributed by atoms with Crippen LogP contribution in [0, 0.1) is 11.3 Å². The Labute approximate surface area is 152 Å². The van der Waals surface area contributed by atoms with Crippen LogP contribution in [0.25, 0.3) is 0 Å². The summed E-state index contributed by atoms with van der Waals surface area (Å²) in [6.45, 7) is 9.08. The van der Waals surface area contributed by atoms with E-state index < -0.39 is 0 Å². The van der Waals surface area contributed by atoms with E-state index in [9.17, 15) is 4.79 Å². The Morgan fingerprint density at radius 1 is 1.20 bits per heavy atom. The monoisotopic (exact) mass is 352 g/mol. The quantitative estimate of drug-likeness (QED) is 0.588. The lowest BCUT2D eigenvalue weighted by atomic mass is 9.71. The van der Waals surface area contributed by atoms with E-state index >= 15 is 0 Å². The summed E-state index contributed by atoms with van der Waals surface area (Å²) in [7, 11) is 0. The van der Waals surface area contributed by atoms with Crippen LogP contribution in [0.4, 0.5) is 4.79 Å². The maximum absolute atomic E-state index is 11.7. The number of rotatable bonds is 5. The van der Waals surface area contributed by atoms with E-state index in [1.807, 2.05) is 6.92 Å². The molecule has 25 heavy (non-hydrogen) atoms. The maximum Gasteiger partial charge on any atom is 0.409 e. The van der Waals surface area contributed by atoms with Gasteiger partial charge in [-0.2, -0.15) is 0 Å². The van der Waals surface area contributed by atoms with Crippen molar-refractivity contribution in [2.45, 2.75) is 71.8 Å². The molecule has 1 saturated heterocycles. The number of hydrogen-bond acceptors (Lipinski definition) is 3. The zero-order valence-electron chi connectivity index (χ0n) is 16.2. The standard InChI is InChI=1S/C19H36N4O2/c1-4-25-18(24)23-12-10-16(11-13-23)22-17(20)21-14-19(2,3)15-8-6-5-7-9-15/h15-16H,4-14H2,1-3H3,(H3,20,21,22). The molecule has 6 nitrogen and oxygen atoms in total. The van der Waals surface area contributed by atoms with Crippen molar-refractivity contribution in [2.75, 3.05) is 26.2 Å². The van der Waals surface area contributed by atoms with E-state index in [4.69, 9.17) is 10.5 Å². The Bertz CT molecular complexity index is 450. The first kappa shape index (κ1) is 19.9. The second kappa shape index (κ2) is 9.30. The van der Waals surface area contributed by atoms with Crippen LogP contribution in [0.3, 0.4) is 0 Å². The van der Waals surface area contributed by atoms with E-state index in [1.54, 1.807) is 4.90 Å². The van der Waals surface area contributed by atoms with E-state index in [-0.39, 0.29) is 17.6 Å². The maximum atomic E-state index is 11.7.